The highest BCUT2D eigenvalue weighted by molar-refractivity contribution is 5.89. The number of phenolic OH excluding ortho intramolecular Hbond substituents is 1. The molecule has 0 spiro atoms. The SMILES string of the molecule is O=C(O)[C@H](Cc1c[nH]c2ccc(O)cc12)NC(=O)C(F)(F)F. The van der Waals surface area contributed by atoms with Gasteiger partial charge < -0.3 is 20.5 Å². The fourth-order valence-electron chi connectivity index (χ4n) is 2.00. The summed E-state index contributed by atoms with van der Waals surface area (Å²) >= 11 is 0. The van der Waals surface area contributed by atoms with E-state index in [0.717, 1.165) is 0 Å². The Labute approximate surface area is 121 Å². The van der Waals surface area contributed by atoms with Gasteiger partial charge in [-0.25, -0.2) is 4.79 Å². The first-order valence-corrected chi connectivity index (χ1v) is 6.08. The summed E-state index contributed by atoms with van der Waals surface area (Å²) in [7, 11) is 0. The minimum Gasteiger partial charge on any atom is -0.508 e. The number of rotatable bonds is 4. The number of hydrogen-bond donors (Lipinski definition) is 4. The van der Waals surface area contributed by atoms with E-state index in [-0.39, 0.29) is 12.2 Å². The number of alkyl halides is 3. The topological polar surface area (TPSA) is 102 Å². The summed E-state index contributed by atoms with van der Waals surface area (Å²) in [6.07, 6.45) is -4.10. The van der Waals surface area contributed by atoms with Gasteiger partial charge in [0.25, 0.3) is 0 Å². The molecule has 1 aromatic heterocycles. The van der Waals surface area contributed by atoms with Gasteiger partial charge in [-0.3, -0.25) is 4.79 Å². The Morgan fingerprint density at radius 2 is 2.00 bits per heavy atom. The third kappa shape index (κ3) is 3.30. The number of aromatic amines is 1. The summed E-state index contributed by atoms with van der Waals surface area (Å²) in [6.45, 7) is 0. The smallest absolute Gasteiger partial charge is 0.471 e. The first kappa shape index (κ1) is 15.7. The lowest BCUT2D eigenvalue weighted by Crippen LogP contribution is -2.47. The summed E-state index contributed by atoms with van der Waals surface area (Å²) in [5.74, 6) is -3.98. The molecule has 0 bridgehead atoms. The van der Waals surface area contributed by atoms with Gasteiger partial charge in [0.05, 0.1) is 0 Å². The van der Waals surface area contributed by atoms with Crippen LogP contribution >= 0.6 is 0 Å². The monoisotopic (exact) mass is 316 g/mol. The molecule has 1 amide bonds. The van der Waals surface area contributed by atoms with Crippen molar-refractivity contribution in [2.45, 2.75) is 18.6 Å². The molecule has 118 valence electrons. The first-order valence-electron chi connectivity index (χ1n) is 6.08. The molecule has 0 aliphatic carbocycles. The molecular formula is C13H11F3N2O4. The van der Waals surface area contributed by atoms with E-state index >= 15 is 0 Å². The van der Waals surface area contributed by atoms with Crippen LogP contribution in [0.1, 0.15) is 5.56 Å². The highest BCUT2D eigenvalue weighted by atomic mass is 19.4. The van der Waals surface area contributed by atoms with Crippen LogP contribution < -0.4 is 5.32 Å². The van der Waals surface area contributed by atoms with Gasteiger partial charge in [-0.1, -0.05) is 0 Å². The summed E-state index contributed by atoms with van der Waals surface area (Å²) in [6, 6.07) is 2.56. The molecule has 0 unspecified atom stereocenters. The van der Waals surface area contributed by atoms with Crippen molar-refractivity contribution in [3.8, 4) is 5.75 Å². The predicted octanol–water partition coefficient (Wildman–Crippen LogP) is 1.55. The van der Waals surface area contributed by atoms with Crippen molar-refractivity contribution in [2.75, 3.05) is 0 Å². The average Bonchev–Trinajstić information content (AvgIpc) is 2.79. The second kappa shape index (κ2) is 5.58. The molecule has 6 nitrogen and oxygen atoms in total. The zero-order valence-corrected chi connectivity index (χ0v) is 10.9. The average molecular weight is 316 g/mol. The van der Waals surface area contributed by atoms with E-state index in [1.165, 1.54) is 29.7 Å². The number of carboxylic acid groups (broad SMARTS) is 1. The molecule has 2 aromatic rings. The number of aromatic nitrogens is 1. The maximum absolute atomic E-state index is 12.2. The number of carbonyl (C=O) groups excluding carboxylic acids is 1. The van der Waals surface area contributed by atoms with Gasteiger partial charge in [0, 0.05) is 23.5 Å². The van der Waals surface area contributed by atoms with Gasteiger partial charge in [-0.15, -0.1) is 0 Å². The maximum Gasteiger partial charge on any atom is 0.471 e. The number of hydrogen-bond acceptors (Lipinski definition) is 3. The quantitative estimate of drug-likeness (QED) is 0.687. The van der Waals surface area contributed by atoms with Crippen LogP contribution in [0.4, 0.5) is 13.2 Å². The van der Waals surface area contributed by atoms with Crippen LogP contribution in [0, 0.1) is 0 Å². The molecule has 1 heterocycles. The van der Waals surface area contributed by atoms with Crippen molar-refractivity contribution < 1.29 is 33.0 Å². The van der Waals surface area contributed by atoms with Crippen molar-refractivity contribution >= 4 is 22.8 Å². The van der Waals surface area contributed by atoms with Gasteiger partial charge in [0.2, 0.25) is 0 Å². The zero-order chi connectivity index (χ0) is 16.5. The fraction of sp³-hybridized carbons (Fsp3) is 0.231. The third-order valence-corrected chi connectivity index (χ3v) is 3.04. The number of phenols is 1. The van der Waals surface area contributed by atoms with Gasteiger partial charge in [0.15, 0.2) is 0 Å². The van der Waals surface area contributed by atoms with E-state index < -0.39 is 24.1 Å². The molecule has 4 N–H and O–H groups in total. The van der Waals surface area contributed by atoms with Gasteiger partial charge >= 0.3 is 18.1 Å². The number of nitrogens with one attached hydrogen (secondary N) is 2. The van der Waals surface area contributed by atoms with Crippen LogP contribution in [0.3, 0.4) is 0 Å². The molecule has 1 atom stereocenters. The molecule has 0 radical (unpaired) electrons. The van der Waals surface area contributed by atoms with Crippen LogP contribution in [0.5, 0.6) is 5.75 Å². The number of benzene rings is 1. The molecule has 0 saturated carbocycles. The standard InChI is InChI=1S/C13H11F3N2O4/c14-13(15,16)12(22)18-10(11(20)21)3-6-5-17-9-2-1-7(19)4-8(6)9/h1-2,4-5,10,17,19H,3H2,(H,18,22)(H,20,21)/t10-/m0/s1. The lowest BCUT2D eigenvalue weighted by Gasteiger charge is -2.15. The number of aromatic hydroxyl groups is 1. The first-order chi connectivity index (χ1) is 10.2. The number of halogens is 3. The maximum atomic E-state index is 12.2. The molecule has 1 aromatic carbocycles. The summed E-state index contributed by atoms with van der Waals surface area (Å²) in [5, 5.41) is 20.3. The van der Waals surface area contributed by atoms with Gasteiger partial charge in [-0.05, 0) is 23.8 Å². The fourth-order valence-corrected chi connectivity index (χ4v) is 2.00. The van der Waals surface area contributed by atoms with E-state index in [2.05, 4.69) is 4.98 Å². The van der Waals surface area contributed by atoms with Crippen LogP contribution in [-0.4, -0.2) is 39.3 Å². The van der Waals surface area contributed by atoms with Crippen molar-refractivity contribution in [1.29, 1.82) is 0 Å². The van der Waals surface area contributed by atoms with E-state index in [1.54, 1.807) is 0 Å². The summed E-state index contributed by atoms with van der Waals surface area (Å²) in [5.41, 5.74) is 0.944. The molecule has 0 aliphatic heterocycles. The molecule has 9 heteroatoms. The molecular weight excluding hydrogens is 305 g/mol. The Hall–Kier alpha value is -2.71. The Morgan fingerprint density at radius 1 is 1.32 bits per heavy atom. The number of amides is 1. The van der Waals surface area contributed by atoms with Gasteiger partial charge in [-0.2, -0.15) is 13.2 Å². The van der Waals surface area contributed by atoms with Gasteiger partial charge in [0.1, 0.15) is 11.8 Å². The number of carbonyl (C=O) groups is 2. The zero-order valence-electron chi connectivity index (χ0n) is 10.9. The van der Waals surface area contributed by atoms with Crippen LogP contribution in [0.25, 0.3) is 10.9 Å². The number of aliphatic carboxylic acids is 1. The second-order valence-electron chi connectivity index (χ2n) is 4.61. The molecule has 0 saturated heterocycles. The Balaban J connectivity index is 2.25. The third-order valence-electron chi connectivity index (χ3n) is 3.04. The molecule has 0 aliphatic rings. The van der Waals surface area contributed by atoms with E-state index in [0.29, 0.717) is 16.5 Å². The molecule has 0 fully saturated rings. The minimum atomic E-state index is -5.16. The van der Waals surface area contributed by atoms with E-state index in [9.17, 15) is 27.9 Å². The number of fused-ring (bicyclic) bond motifs is 1. The van der Waals surface area contributed by atoms with Crippen LogP contribution in [-0.2, 0) is 16.0 Å². The number of carboxylic acids is 1. The Morgan fingerprint density at radius 3 is 2.59 bits per heavy atom. The van der Waals surface area contributed by atoms with Crippen LogP contribution in [0.15, 0.2) is 24.4 Å². The minimum absolute atomic E-state index is 0.0699. The summed E-state index contributed by atoms with van der Waals surface area (Å²) in [4.78, 5) is 24.7. The lowest BCUT2D eigenvalue weighted by atomic mass is 10.0. The Kier molecular flexibility index (Phi) is 3.98. The largest absolute Gasteiger partial charge is 0.508 e. The summed E-state index contributed by atoms with van der Waals surface area (Å²) < 4.78 is 36.6. The number of H-pyrrole nitrogens is 1. The van der Waals surface area contributed by atoms with Crippen molar-refractivity contribution in [3.63, 3.8) is 0 Å². The second-order valence-corrected chi connectivity index (χ2v) is 4.61. The van der Waals surface area contributed by atoms with Crippen molar-refractivity contribution in [2.24, 2.45) is 0 Å². The molecule has 2 rings (SSSR count). The highest BCUT2D eigenvalue weighted by Gasteiger charge is 2.40. The van der Waals surface area contributed by atoms with E-state index in [1.807, 2.05) is 0 Å². The lowest BCUT2D eigenvalue weighted by molar-refractivity contribution is -0.175. The van der Waals surface area contributed by atoms with Crippen molar-refractivity contribution in [3.05, 3.63) is 30.0 Å². The van der Waals surface area contributed by atoms with Crippen molar-refractivity contribution in [1.82, 2.24) is 10.3 Å². The molecule has 22 heavy (non-hydrogen) atoms. The van der Waals surface area contributed by atoms with Crippen LogP contribution in [0.2, 0.25) is 0 Å². The Bertz CT molecular complexity index is 724. The normalized spacial score (nSPS) is 13.0. The highest BCUT2D eigenvalue weighted by Crippen LogP contribution is 2.24. The van der Waals surface area contributed by atoms with E-state index in [4.69, 9.17) is 5.11 Å². The predicted molar refractivity (Wildman–Crippen MR) is 69.3 cm³/mol.